The molecule has 20 heavy (non-hydrogen) atoms. The smallest absolute Gasteiger partial charge is 0.227 e. The molecule has 1 N–H and O–H groups in total. The summed E-state index contributed by atoms with van der Waals surface area (Å²) in [5, 5.41) is 13.5. The molecule has 1 aliphatic rings. The minimum atomic E-state index is -0.279. The van der Waals surface area contributed by atoms with Crippen molar-refractivity contribution in [3.63, 3.8) is 0 Å². The molecule has 1 aromatic rings. The maximum atomic E-state index is 12.4. The van der Waals surface area contributed by atoms with Crippen molar-refractivity contribution in [2.45, 2.75) is 39.4 Å². The van der Waals surface area contributed by atoms with Crippen LogP contribution in [-0.4, -0.2) is 57.6 Å². The predicted octanol–water partition coefficient (Wildman–Crippen LogP) is 0.188. The minimum Gasteiger partial charge on any atom is -0.394 e. The molecule has 0 bridgehead atoms. The number of aromatic nitrogens is 2. The van der Waals surface area contributed by atoms with E-state index in [9.17, 15) is 9.90 Å². The van der Waals surface area contributed by atoms with Crippen molar-refractivity contribution in [1.82, 2.24) is 14.7 Å². The first kappa shape index (κ1) is 15.0. The van der Waals surface area contributed by atoms with Gasteiger partial charge < -0.3 is 14.7 Å². The summed E-state index contributed by atoms with van der Waals surface area (Å²) in [5.74, 6) is 0.0674. The quantitative estimate of drug-likeness (QED) is 0.858. The molecule has 2 unspecified atom stereocenters. The molecule has 0 aliphatic carbocycles. The first-order chi connectivity index (χ1) is 9.42. The fourth-order valence-electron chi connectivity index (χ4n) is 2.69. The van der Waals surface area contributed by atoms with Gasteiger partial charge >= 0.3 is 0 Å². The first-order valence-electron chi connectivity index (χ1n) is 6.95. The van der Waals surface area contributed by atoms with Crippen molar-refractivity contribution in [2.75, 3.05) is 19.7 Å². The van der Waals surface area contributed by atoms with Crippen LogP contribution in [0.2, 0.25) is 0 Å². The number of aliphatic hydroxyl groups excluding tert-OH is 1. The Kier molecular flexibility index (Phi) is 4.45. The van der Waals surface area contributed by atoms with E-state index in [-0.39, 0.29) is 24.7 Å². The SMILES string of the molecule is Cc1nn(C)c(C)c1CC(=O)N1CC(C)OC(CO)C1. The van der Waals surface area contributed by atoms with Gasteiger partial charge in [0.15, 0.2) is 0 Å². The van der Waals surface area contributed by atoms with Crippen molar-refractivity contribution >= 4 is 5.91 Å². The Morgan fingerprint density at radius 1 is 1.45 bits per heavy atom. The van der Waals surface area contributed by atoms with Crippen LogP contribution in [0, 0.1) is 13.8 Å². The number of aliphatic hydroxyl groups is 1. The molecule has 112 valence electrons. The summed E-state index contributed by atoms with van der Waals surface area (Å²) >= 11 is 0. The second-order valence-corrected chi connectivity index (χ2v) is 5.50. The molecule has 1 fully saturated rings. The number of carbonyl (C=O) groups is 1. The van der Waals surface area contributed by atoms with E-state index in [4.69, 9.17) is 4.74 Å². The second-order valence-electron chi connectivity index (χ2n) is 5.50. The maximum absolute atomic E-state index is 12.4. The lowest BCUT2D eigenvalue weighted by Crippen LogP contribution is -2.50. The normalized spacial score (nSPS) is 23.1. The van der Waals surface area contributed by atoms with Crippen LogP contribution in [0.1, 0.15) is 23.9 Å². The van der Waals surface area contributed by atoms with Crippen LogP contribution in [-0.2, 0) is 23.0 Å². The highest BCUT2D eigenvalue weighted by Crippen LogP contribution is 2.16. The predicted molar refractivity (Wildman–Crippen MR) is 74.4 cm³/mol. The van der Waals surface area contributed by atoms with Crippen LogP contribution >= 0.6 is 0 Å². The van der Waals surface area contributed by atoms with Crippen LogP contribution in [0.15, 0.2) is 0 Å². The van der Waals surface area contributed by atoms with Crippen molar-refractivity contribution in [3.05, 3.63) is 17.0 Å². The van der Waals surface area contributed by atoms with Crippen LogP contribution < -0.4 is 0 Å². The highest BCUT2D eigenvalue weighted by molar-refractivity contribution is 5.79. The fourth-order valence-corrected chi connectivity index (χ4v) is 2.69. The monoisotopic (exact) mass is 281 g/mol. The third kappa shape index (κ3) is 3.02. The Morgan fingerprint density at radius 2 is 2.15 bits per heavy atom. The summed E-state index contributed by atoms with van der Waals surface area (Å²) in [6, 6.07) is 0. The van der Waals surface area contributed by atoms with Crippen LogP contribution in [0.5, 0.6) is 0 Å². The van der Waals surface area contributed by atoms with Crippen molar-refractivity contribution in [2.24, 2.45) is 7.05 Å². The third-order valence-corrected chi connectivity index (χ3v) is 3.87. The van der Waals surface area contributed by atoms with Gasteiger partial charge in [-0.3, -0.25) is 9.48 Å². The molecule has 1 amide bonds. The molecule has 6 heteroatoms. The molecule has 1 aliphatic heterocycles. The summed E-state index contributed by atoms with van der Waals surface area (Å²) in [4.78, 5) is 14.2. The van der Waals surface area contributed by atoms with Gasteiger partial charge in [-0.15, -0.1) is 0 Å². The van der Waals surface area contributed by atoms with E-state index >= 15 is 0 Å². The van der Waals surface area contributed by atoms with Crippen molar-refractivity contribution in [1.29, 1.82) is 0 Å². The fraction of sp³-hybridized carbons (Fsp3) is 0.714. The summed E-state index contributed by atoms with van der Waals surface area (Å²) < 4.78 is 7.36. The number of aryl methyl sites for hydroxylation is 2. The van der Waals surface area contributed by atoms with Crippen LogP contribution in [0.3, 0.4) is 0 Å². The van der Waals surface area contributed by atoms with Gasteiger partial charge in [-0.1, -0.05) is 0 Å². The van der Waals surface area contributed by atoms with Crippen molar-refractivity contribution in [3.8, 4) is 0 Å². The van der Waals surface area contributed by atoms with Gasteiger partial charge in [0.25, 0.3) is 0 Å². The van der Waals surface area contributed by atoms with Crippen LogP contribution in [0.25, 0.3) is 0 Å². The van der Waals surface area contributed by atoms with E-state index in [1.54, 1.807) is 9.58 Å². The number of hydrogen-bond acceptors (Lipinski definition) is 4. The first-order valence-corrected chi connectivity index (χ1v) is 6.95. The number of carbonyl (C=O) groups excluding carboxylic acids is 1. The van der Waals surface area contributed by atoms with Gasteiger partial charge in [-0.05, 0) is 20.8 Å². The lowest BCUT2D eigenvalue weighted by Gasteiger charge is -2.36. The number of nitrogens with zero attached hydrogens (tertiary/aromatic N) is 3. The summed E-state index contributed by atoms with van der Waals surface area (Å²) in [6.07, 6.45) is 0.0378. The highest BCUT2D eigenvalue weighted by atomic mass is 16.5. The minimum absolute atomic E-state index is 0.0408. The number of rotatable bonds is 3. The van der Waals surface area contributed by atoms with Gasteiger partial charge in [0.1, 0.15) is 0 Å². The van der Waals surface area contributed by atoms with E-state index in [1.165, 1.54) is 0 Å². The molecule has 6 nitrogen and oxygen atoms in total. The highest BCUT2D eigenvalue weighted by Gasteiger charge is 2.28. The molecular formula is C14H23N3O3. The summed E-state index contributed by atoms with van der Waals surface area (Å²) in [7, 11) is 1.88. The van der Waals surface area contributed by atoms with Gasteiger partial charge in [0, 0.05) is 31.4 Å². The average Bonchev–Trinajstić information content (AvgIpc) is 2.64. The molecule has 2 rings (SSSR count). The standard InChI is InChI=1S/C14H23N3O3/c1-9-6-17(7-12(8-18)20-9)14(19)5-13-10(2)15-16(4)11(13)3/h9,12,18H,5-8H2,1-4H3. The lowest BCUT2D eigenvalue weighted by atomic mass is 10.1. The van der Waals surface area contributed by atoms with Gasteiger partial charge in [-0.25, -0.2) is 0 Å². The Bertz CT molecular complexity index is 498. The molecule has 0 spiro atoms. The number of morpholine rings is 1. The van der Waals surface area contributed by atoms with Gasteiger partial charge in [0.2, 0.25) is 5.91 Å². The largest absolute Gasteiger partial charge is 0.394 e. The second kappa shape index (κ2) is 5.93. The Labute approximate surface area is 119 Å². The Balaban J connectivity index is 2.07. The van der Waals surface area contributed by atoms with Gasteiger partial charge in [0.05, 0.1) is 30.9 Å². The van der Waals surface area contributed by atoms with E-state index in [1.807, 2.05) is 27.8 Å². The molecule has 2 heterocycles. The number of ether oxygens (including phenoxy) is 1. The third-order valence-electron chi connectivity index (χ3n) is 3.87. The molecule has 1 aromatic heterocycles. The van der Waals surface area contributed by atoms with E-state index in [0.29, 0.717) is 19.5 Å². The topological polar surface area (TPSA) is 67.6 Å². The van der Waals surface area contributed by atoms with Crippen molar-refractivity contribution < 1.29 is 14.6 Å². The molecular weight excluding hydrogens is 258 g/mol. The number of hydrogen-bond donors (Lipinski definition) is 1. The van der Waals surface area contributed by atoms with E-state index in [0.717, 1.165) is 17.0 Å². The zero-order valence-electron chi connectivity index (χ0n) is 12.6. The molecule has 0 saturated carbocycles. The van der Waals surface area contributed by atoms with Gasteiger partial charge in [-0.2, -0.15) is 5.10 Å². The maximum Gasteiger partial charge on any atom is 0.227 e. The molecule has 0 aromatic carbocycles. The molecule has 2 atom stereocenters. The number of amides is 1. The Hall–Kier alpha value is -1.40. The summed E-state index contributed by atoms with van der Waals surface area (Å²) in [5.41, 5.74) is 2.92. The summed E-state index contributed by atoms with van der Waals surface area (Å²) in [6.45, 7) is 6.79. The zero-order chi connectivity index (χ0) is 14.9. The molecule has 1 saturated heterocycles. The average molecular weight is 281 g/mol. The van der Waals surface area contributed by atoms with Crippen LogP contribution in [0.4, 0.5) is 0 Å². The van der Waals surface area contributed by atoms with E-state index in [2.05, 4.69) is 5.10 Å². The lowest BCUT2D eigenvalue weighted by molar-refractivity contribution is -0.146. The molecule has 0 radical (unpaired) electrons. The van der Waals surface area contributed by atoms with E-state index < -0.39 is 0 Å². The zero-order valence-corrected chi connectivity index (χ0v) is 12.6. The Morgan fingerprint density at radius 3 is 2.70 bits per heavy atom.